The highest BCUT2D eigenvalue weighted by molar-refractivity contribution is 6.76. The monoisotopic (exact) mass is 332 g/mol. The van der Waals surface area contributed by atoms with Crippen LogP contribution in [0.15, 0.2) is 18.2 Å². The fourth-order valence-corrected chi connectivity index (χ4v) is 2.87. The molecule has 0 atom stereocenters. The Hall–Kier alpha value is -1.67. The Balaban J connectivity index is 2.05. The van der Waals surface area contributed by atoms with Crippen molar-refractivity contribution in [2.45, 2.75) is 64.2 Å². The summed E-state index contributed by atoms with van der Waals surface area (Å²) in [6.07, 6.45) is 5.43. The van der Waals surface area contributed by atoms with Crippen LogP contribution in [0.1, 0.15) is 43.5 Å². The van der Waals surface area contributed by atoms with E-state index in [2.05, 4.69) is 30.7 Å². The van der Waals surface area contributed by atoms with Crippen LogP contribution in [0.5, 0.6) is 0 Å². The molecular formula is C18H28N2O2Si. The third kappa shape index (κ3) is 9.85. The van der Waals surface area contributed by atoms with Crippen molar-refractivity contribution in [1.82, 2.24) is 4.98 Å². The summed E-state index contributed by atoms with van der Waals surface area (Å²) in [5.74, 6) is -0.0633. The van der Waals surface area contributed by atoms with Gasteiger partial charge in [0, 0.05) is 20.2 Å². The van der Waals surface area contributed by atoms with Gasteiger partial charge in [0.1, 0.15) is 11.8 Å². The normalized spacial score (nSPS) is 11.0. The number of rotatable bonds is 10. The number of carbonyl (C=O) groups excluding carboxylic acids is 1. The van der Waals surface area contributed by atoms with Gasteiger partial charge in [-0.15, -0.1) is 0 Å². The maximum Gasteiger partial charge on any atom is 0.305 e. The van der Waals surface area contributed by atoms with Crippen LogP contribution in [0.25, 0.3) is 0 Å². The van der Waals surface area contributed by atoms with Crippen molar-refractivity contribution >= 4 is 14.0 Å². The molecule has 4 nitrogen and oxygen atoms in total. The van der Waals surface area contributed by atoms with Gasteiger partial charge in [0.25, 0.3) is 0 Å². The molecule has 1 aromatic heterocycles. The topological polar surface area (TPSA) is 63.0 Å². The van der Waals surface area contributed by atoms with Crippen molar-refractivity contribution in [1.29, 1.82) is 5.26 Å². The number of aromatic nitrogens is 1. The predicted molar refractivity (Wildman–Crippen MR) is 94.9 cm³/mol. The minimum atomic E-state index is -1.12. The average Bonchev–Trinajstić information content (AvgIpc) is 2.49. The predicted octanol–water partition coefficient (Wildman–Crippen LogP) is 4.33. The molecule has 0 saturated carbocycles. The lowest BCUT2D eigenvalue weighted by Crippen LogP contribution is -2.22. The first kappa shape index (κ1) is 19.4. The smallest absolute Gasteiger partial charge is 0.305 e. The van der Waals surface area contributed by atoms with Gasteiger partial charge in [-0.05, 0) is 37.4 Å². The summed E-state index contributed by atoms with van der Waals surface area (Å²) in [7, 11) is -1.12. The van der Waals surface area contributed by atoms with Crippen molar-refractivity contribution in [2.75, 3.05) is 6.61 Å². The number of unbranched alkanes of at least 4 members (excludes halogenated alkanes) is 3. The second kappa shape index (κ2) is 10.2. The maximum absolute atomic E-state index is 11.6. The first-order chi connectivity index (χ1) is 10.9. The first-order valence-electron chi connectivity index (χ1n) is 8.42. The van der Waals surface area contributed by atoms with Gasteiger partial charge in [0.05, 0.1) is 6.61 Å². The first-order valence-corrected chi connectivity index (χ1v) is 12.1. The Morgan fingerprint density at radius 2 is 1.96 bits per heavy atom. The number of esters is 1. The van der Waals surface area contributed by atoms with Gasteiger partial charge in [-0.1, -0.05) is 38.5 Å². The van der Waals surface area contributed by atoms with Crippen LogP contribution in [-0.2, 0) is 16.0 Å². The highest BCUT2D eigenvalue weighted by Gasteiger charge is 2.13. The van der Waals surface area contributed by atoms with E-state index in [9.17, 15) is 4.79 Å². The molecule has 23 heavy (non-hydrogen) atoms. The Morgan fingerprint density at radius 3 is 2.65 bits per heavy atom. The van der Waals surface area contributed by atoms with Crippen molar-refractivity contribution in [3.63, 3.8) is 0 Å². The van der Waals surface area contributed by atoms with Crippen molar-refractivity contribution in [3.8, 4) is 6.07 Å². The van der Waals surface area contributed by atoms with Crippen LogP contribution in [0.3, 0.4) is 0 Å². The van der Waals surface area contributed by atoms with Gasteiger partial charge in [-0.25, -0.2) is 4.98 Å². The quantitative estimate of drug-likeness (QED) is 0.363. The molecule has 0 fully saturated rings. The molecule has 0 saturated heterocycles. The maximum atomic E-state index is 11.6. The van der Waals surface area contributed by atoms with E-state index in [1.807, 2.05) is 12.1 Å². The molecule has 1 heterocycles. The van der Waals surface area contributed by atoms with E-state index in [0.717, 1.165) is 43.8 Å². The van der Waals surface area contributed by atoms with E-state index in [1.165, 1.54) is 0 Å². The Bertz CT molecular complexity index is 533. The molecule has 1 rings (SSSR count). The number of carbonyl (C=O) groups is 1. The highest BCUT2D eigenvalue weighted by atomic mass is 28.3. The van der Waals surface area contributed by atoms with Crippen molar-refractivity contribution in [2.24, 2.45) is 0 Å². The molecule has 0 aromatic carbocycles. The SMILES string of the molecule is C[Si](C)(C)CCOC(=O)CCCCCCc1cccc(C#N)n1. The van der Waals surface area contributed by atoms with E-state index < -0.39 is 8.07 Å². The number of hydrogen-bond donors (Lipinski definition) is 0. The molecule has 0 spiro atoms. The lowest BCUT2D eigenvalue weighted by Gasteiger charge is -2.15. The molecule has 0 N–H and O–H groups in total. The zero-order chi connectivity index (χ0) is 17.1. The fraction of sp³-hybridized carbons (Fsp3) is 0.611. The standard InChI is InChI=1S/C18H28N2O2Si/c1-23(2,3)14-13-22-18(21)12-7-5-4-6-9-16-10-8-11-17(15-19)20-16/h8,10-11H,4-7,9,12-14H2,1-3H3. The van der Waals surface area contributed by atoms with Crippen LogP contribution in [-0.4, -0.2) is 25.6 Å². The molecule has 0 aliphatic carbocycles. The van der Waals surface area contributed by atoms with E-state index in [0.29, 0.717) is 18.7 Å². The zero-order valence-electron chi connectivity index (χ0n) is 14.6. The van der Waals surface area contributed by atoms with Gasteiger partial charge < -0.3 is 4.74 Å². The number of pyridine rings is 1. The Kier molecular flexibility index (Phi) is 8.56. The van der Waals surface area contributed by atoms with Gasteiger partial charge in [-0.3, -0.25) is 4.79 Å². The van der Waals surface area contributed by atoms with Crippen LogP contribution >= 0.6 is 0 Å². The van der Waals surface area contributed by atoms with Crippen molar-refractivity contribution < 1.29 is 9.53 Å². The number of ether oxygens (including phenoxy) is 1. The number of hydrogen-bond acceptors (Lipinski definition) is 4. The second-order valence-electron chi connectivity index (χ2n) is 7.07. The Labute approximate surface area is 140 Å². The van der Waals surface area contributed by atoms with E-state index >= 15 is 0 Å². The fourth-order valence-electron chi connectivity index (χ4n) is 2.15. The molecule has 0 radical (unpaired) electrons. The third-order valence-electron chi connectivity index (χ3n) is 3.60. The molecule has 0 aliphatic heterocycles. The van der Waals surface area contributed by atoms with E-state index in [-0.39, 0.29) is 5.97 Å². The summed E-state index contributed by atoms with van der Waals surface area (Å²) < 4.78 is 5.27. The van der Waals surface area contributed by atoms with Crippen LogP contribution < -0.4 is 0 Å². The second-order valence-corrected chi connectivity index (χ2v) is 12.7. The molecule has 126 valence electrons. The molecule has 0 aliphatic rings. The number of nitriles is 1. The molecular weight excluding hydrogens is 304 g/mol. The zero-order valence-corrected chi connectivity index (χ0v) is 15.6. The lowest BCUT2D eigenvalue weighted by molar-refractivity contribution is -0.143. The van der Waals surface area contributed by atoms with Crippen molar-refractivity contribution in [3.05, 3.63) is 29.6 Å². The summed E-state index contributed by atoms with van der Waals surface area (Å²) >= 11 is 0. The summed E-state index contributed by atoms with van der Waals surface area (Å²) in [4.78, 5) is 15.9. The minimum Gasteiger partial charge on any atom is -0.466 e. The molecule has 5 heteroatoms. The number of aryl methyl sites for hydroxylation is 1. The Morgan fingerprint density at radius 1 is 1.22 bits per heavy atom. The molecule has 0 bridgehead atoms. The highest BCUT2D eigenvalue weighted by Crippen LogP contribution is 2.10. The van der Waals surface area contributed by atoms with Gasteiger partial charge in [0.15, 0.2) is 0 Å². The molecule has 0 unspecified atom stereocenters. The minimum absolute atomic E-state index is 0.0633. The largest absolute Gasteiger partial charge is 0.466 e. The summed E-state index contributed by atoms with van der Waals surface area (Å²) in [5, 5.41) is 8.81. The third-order valence-corrected chi connectivity index (χ3v) is 5.30. The number of nitrogens with zero attached hydrogens (tertiary/aromatic N) is 2. The average molecular weight is 333 g/mol. The summed E-state index contributed by atoms with van der Waals surface area (Å²) in [6.45, 7) is 7.42. The molecule has 1 aromatic rings. The summed E-state index contributed by atoms with van der Waals surface area (Å²) in [6, 6.07) is 8.64. The van der Waals surface area contributed by atoms with Gasteiger partial charge in [0.2, 0.25) is 0 Å². The van der Waals surface area contributed by atoms with Crippen LogP contribution in [0.4, 0.5) is 0 Å². The van der Waals surface area contributed by atoms with Crippen LogP contribution in [0, 0.1) is 11.3 Å². The lowest BCUT2D eigenvalue weighted by atomic mass is 10.1. The van der Waals surface area contributed by atoms with E-state index in [1.54, 1.807) is 6.07 Å². The summed E-state index contributed by atoms with van der Waals surface area (Å²) in [5.41, 5.74) is 1.44. The van der Waals surface area contributed by atoms with Gasteiger partial charge in [-0.2, -0.15) is 5.26 Å². The van der Waals surface area contributed by atoms with Gasteiger partial charge >= 0.3 is 5.97 Å². The van der Waals surface area contributed by atoms with E-state index in [4.69, 9.17) is 10.00 Å². The van der Waals surface area contributed by atoms with Crippen LogP contribution in [0.2, 0.25) is 25.7 Å². The molecule has 0 amide bonds.